The first-order chi connectivity index (χ1) is 10.2. The SMILES string of the molecule is NC(=O)C(=CN1C=Cc2ccccc2C1)c1ccccn1. The number of hydrogen-bond donors (Lipinski definition) is 1. The molecule has 0 fully saturated rings. The van der Waals surface area contributed by atoms with Gasteiger partial charge in [0.2, 0.25) is 0 Å². The van der Waals surface area contributed by atoms with Crippen LogP contribution in [-0.4, -0.2) is 15.8 Å². The van der Waals surface area contributed by atoms with Gasteiger partial charge in [-0.15, -0.1) is 0 Å². The standard InChI is InChI=1S/C17H15N3O/c18-17(21)15(16-7-3-4-9-19-16)12-20-10-8-13-5-1-2-6-14(13)11-20/h1-10,12H,11H2,(H2,18,21). The average molecular weight is 277 g/mol. The van der Waals surface area contributed by atoms with Crippen LogP contribution < -0.4 is 5.73 Å². The molecule has 1 aliphatic heterocycles. The lowest BCUT2D eigenvalue weighted by Crippen LogP contribution is -2.19. The van der Waals surface area contributed by atoms with E-state index in [0.717, 1.165) is 0 Å². The Morgan fingerprint density at radius 2 is 2.00 bits per heavy atom. The number of fused-ring (bicyclic) bond motifs is 1. The number of primary amides is 1. The van der Waals surface area contributed by atoms with E-state index >= 15 is 0 Å². The molecule has 0 saturated carbocycles. The van der Waals surface area contributed by atoms with E-state index in [1.807, 2.05) is 35.4 Å². The van der Waals surface area contributed by atoms with Crippen LogP contribution >= 0.6 is 0 Å². The number of benzene rings is 1. The first kappa shape index (κ1) is 13.1. The van der Waals surface area contributed by atoms with Crippen LogP contribution in [0, 0.1) is 0 Å². The third-order valence-electron chi connectivity index (χ3n) is 3.35. The summed E-state index contributed by atoms with van der Waals surface area (Å²) >= 11 is 0. The van der Waals surface area contributed by atoms with Crippen molar-refractivity contribution >= 4 is 17.6 Å². The lowest BCUT2D eigenvalue weighted by molar-refractivity contribution is -0.112. The van der Waals surface area contributed by atoms with Crippen molar-refractivity contribution in [1.82, 2.24) is 9.88 Å². The molecular weight excluding hydrogens is 262 g/mol. The number of hydrogen-bond acceptors (Lipinski definition) is 3. The van der Waals surface area contributed by atoms with Gasteiger partial charge in [0.15, 0.2) is 0 Å². The number of aromatic nitrogens is 1. The monoisotopic (exact) mass is 277 g/mol. The highest BCUT2D eigenvalue weighted by atomic mass is 16.1. The van der Waals surface area contributed by atoms with Crippen molar-refractivity contribution in [3.8, 4) is 0 Å². The molecule has 4 nitrogen and oxygen atoms in total. The normalized spacial score (nSPS) is 13.9. The quantitative estimate of drug-likeness (QED) is 0.876. The third-order valence-corrected chi connectivity index (χ3v) is 3.35. The maximum atomic E-state index is 11.7. The van der Waals surface area contributed by atoms with Gasteiger partial charge in [0.1, 0.15) is 0 Å². The highest BCUT2D eigenvalue weighted by Gasteiger charge is 2.13. The molecule has 0 atom stereocenters. The fourth-order valence-corrected chi connectivity index (χ4v) is 2.30. The Balaban J connectivity index is 1.92. The molecule has 1 amide bonds. The van der Waals surface area contributed by atoms with E-state index in [4.69, 9.17) is 5.73 Å². The first-order valence-corrected chi connectivity index (χ1v) is 6.69. The summed E-state index contributed by atoms with van der Waals surface area (Å²) in [5.74, 6) is -0.485. The number of carbonyl (C=O) groups is 1. The van der Waals surface area contributed by atoms with Gasteiger partial charge in [-0.3, -0.25) is 9.78 Å². The molecule has 0 saturated heterocycles. The van der Waals surface area contributed by atoms with Gasteiger partial charge >= 0.3 is 0 Å². The van der Waals surface area contributed by atoms with Crippen LogP contribution in [0.25, 0.3) is 11.6 Å². The summed E-state index contributed by atoms with van der Waals surface area (Å²) in [5.41, 5.74) is 8.87. The fraction of sp³-hybridized carbons (Fsp3) is 0.0588. The molecule has 1 aliphatic rings. The Bertz CT molecular complexity index is 720. The van der Waals surface area contributed by atoms with Crippen molar-refractivity contribution in [3.63, 3.8) is 0 Å². The Morgan fingerprint density at radius 3 is 2.76 bits per heavy atom. The molecular formula is C17H15N3O. The molecule has 21 heavy (non-hydrogen) atoms. The number of carbonyl (C=O) groups excluding carboxylic acids is 1. The van der Waals surface area contributed by atoms with Crippen molar-refractivity contribution in [3.05, 3.63) is 77.9 Å². The lowest BCUT2D eigenvalue weighted by atomic mass is 10.0. The van der Waals surface area contributed by atoms with Crippen LogP contribution in [0.4, 0.5) is 0 Å². The minimum Gasteiger partial charge on any atom is -0.365 e. The summed E-state index contributed by atoms with van der Waals surface area (Å²) in [7, 11) is 0. The van der Waals surface area contributed by atoms with Gasteiger partial charge in [-0.05, 0) is 29.3 Å². The Hall–Kier alpha value is -2.88. The number of nitrogens with two attached hydrogens (primary N) is 1. The smallest absolute Gasteiger partial charge is 0.252 e. The highest BCUT2D eigenvalue weighted by Crippen LogP contribution is 2.21. The van der Waals surface area contributed by atoms with Crippen molar-refractivity contribution in [1.29, 1.82) is 0 Å². The molecule has 1 aromatic heterocycles. The maximum absolute atomic E-state index is 11.7. The molecule has 0 bridgehead atoms. The van der Waals surface area contributed by atoms with Crippen molar-refractivity contribution in [2.45, 2.75) is 6.54 Å². The van der Waals surface area contributed by atoms with E-state index in [1.54, 1.807) is 24.5 Å². The van der Waals surface area contributed by atoms with Gasteiger partial charge in [0.05, 0.1) is 11.3 Å². The zero-order valence-corrected chi connectivity index (χ0v) is 11.4. The van der Waals surface area contributed by atoms with Crippen molar-refractivity contribution in [2.24, 2.45) is 5.73 Å². The van der Waals surface area contributed by atoms with Crippen molar-refractivity contribution in [2.75, 3.05) is 0 Å². The maximum Gasteiger partial charge on any atom is 0.252 e. The summed E-state index contributed by atoms with van der Waals surface area (Å²) < 4.78 is 0. The third kappa shape index (κ3) is 2.84. The second-order valence-corrected chi connectivity index (χ2v) is 4.81. The molecule has 2 heterocycles. The van der Waals surface area contributed by atoms with Crippen molar-refractivity contribution < 1.29 is 4.79 Å². The van der Waals surface area contributed by atoms with Crippen LogP contribution in [0.1, 0.15) is 16.8 Å². The first-order valence-electron chi connectivity index (χ1n) is 6.69. The number of nitrogens with zero attached hydrogens (tertiary/aromatic N) is 2. The second kappa shape index (κ2) is 5.63. The summed E-state index contributed by atoms with van der Waals surface area (Å²) in [6.45, 7) is 0.705. The van der Waals surface area contributed by atoms with Gasteiger partial charge in [-0.25, -0.2) is 0 Å². The molecule has 3 rings (SSSR count). The van der Waals surface area contributed by atoms with Gasteiger partial charge in [0, 0.05) is 25.1 Å². The number of rotatable bonds is 3. The molecule has 0 radical (unpaired) electrons. The Morgan fingerprint density at radius 1 is 1.19 bits per heavy atom. The predicted octanol–water partition coefficient (Wildman–Crippen LogP) is 2.39. The number of pyridine rings is 1. The van der Waals surface area contributed by atoms with Gasteiger partial charge in [-0.2, -0.15) is 0 Å². The molecule has 1 aromatic carbocycles. The van der Waals surface area contributed by atoms with E-state index in [9.17, 15) is 4.79 Å². The topological polar surface area (TPSA) is 59.2 Å². The largest absolute Gasteiger partial charge is 0.365 e. The molecule has 104 valence electrons. The predicted molar refractivity (Wildman–Crippen MR) is 82.4 cm³/mol. The van der Waals surface area contributed by atoms with Crippen LogP contribution in [-0.2, 0) is 11.3 Å². The molecule has 2 N–H and O–H groups in total. The van der Waals surface area contributed by atoms with Crippen LogP contribution in [0.5, 0.6) is 0 Å². The number of amides is 1. The lowest BCUT2D eigenvalue weighted by Gasteiger charge is -2.22. The summed E-state index contributed by atoms with van der Waals surface area (Å²) in [6, 6.07) is 13.6. The van der Waals surface area contributed by atoms with Crippen LogP contribution in [0.3, 0.4) is 0 Å². The van der Waals surface area contributed by atoms with Crippen LogP contribution in [0.2, 0.25) is 0 Å². The zero-order chi connectivity index (χ0) is 14.7. The van der Waals surface area contributed by atoms with Gasteiger partial charge in [0.25, 0.3) is 5.91 Å². The van der Waals surface area contributed by atoms with E-state index < -0.39 is 5.91 Å². The molecule has 2 aromatic rings. The minimum absolute atomic E-state index is 0.402. The molecule has 0 spiro atoms. The molecule has 0 unspecified atom stereocenters. The average Bonchev–Trinajstić information content (AvgIpc) is 2.53. The van der Waals surface area contributed by atoms with Gasteiger partial charge in [-0.1, -0.05) is 30.3 Å². The summed E-state index contributed by atoms with van der Waals surface area (Å²) in [6.07, 6.45) is 7.35. The Labute approximate surface area is 123 Å². The van der Waals surface area contributed by atoms with E-state index in [-0.39, 0.29) is 0 Å². The summed E-state index contributed by atoms with van der Waals surface area (Å²) in [5, 5.41) is 0. The second-order valence-electron chi connectivity index (χ2n) is 4.81. The fourth-order valence-electron chi connectivity index (χ4n) is 2.30. The van der Waals surface area contributed by atoms with E-state index in [1.165, 1.54) is 11.1 Å². The zero-order valence-electron chi connectivity index (χ0n) is 11.4. The van der Waals surface area contributed by atoms with Gasteiger partial charge < -0.3 is 10.6 Å². The van der Waals surface area contributed by atoms with Crippen LogP contribution in [0.15, 0.2) is 61.1 Å². The Kier molecular flexibility index (Phi) is 3.51. The molecule has 4 heteroatoms. The highest BCUT2D eigenvalue weighted by molar-refractivity contribution is 6.18. The minimum atomic E-state index is -0.485. The van der Waals surface area contributed by atoms with E-state index in [2.05, 4.69) is 17.1 Å². The van der Waals surface area contributed by atoms with E-state index in [0.29, 0.717) is 17.8 Å². The summed E-state index contributed by atoms with van der Waals surface area (Å²) in [4.78, 5) is 17.8. The molecule has 0 aliphatic carbocycles.